The molecule has 0 bridgehead atoms. The second-order valence-corrected chi connectivity index (χ2v) is 25.1. The molecule has 4 rings (SSSR count). The predicted molar refractivity (Wildman–Crippen MR) is 356 cm³/mol. The fraction of sp³-hybridized carbons (Fsp3) is 0.587. The lowest BCUT2D eigenvalue weighted by Crippen LogP contribution is -2.60. The highest BCUT2D eigenvalue weighted by Crippen LogP contribution is 2.24. The SMILES string of the molecule is CSCC[C@H](NC(=O)[C@H](CC(C)C)NC(=O)CNC(=O)[C@@H](Cc1ccccc1)NC(=O)[C@@H](Cc1ccccc1)NC(=O)[C@@H](CCC(N)=O)NC(=O)[C@@H](CCC(N)=O)NC(=O)[C@@H]1CCCN1C(=O)[C@H](CCCCN)NC(=O)[C@H]1CCCN1C(=O)[C@@H](N)CCCN=C(N)N)C(N)=O. The zero-order chi connectivity index (χ0) is 70.1. The van der Waals surface area contributed by atoms with E-state index in [1.54, 1.807) is 60.7 Å². The zero-order valence-corrected chi connectivity index (χ0v) is 55.3. The number of benzene rings is 2. The Kier molecular flexibility index (Phi) is 33.9. The van der Waals surface area contributed by atoms with Crippen molar-refractivity contribution in [1.82, 2.24) is 52.3 Å². The topological polar surface area (TPSA) is 519 Å². The van der Waals surface area contributed by atoms with Gasteiger partial charge in [0.05, 0.1) is 12.6 Å². The summed E-state index contributed by atoms with van der Waals surface area (Å²) in [6.07, 6.45) is 3.12. The van der Waals surface area contributed by atoms with Crippen LogP contribution in [0.1, 0.15) is 121 Å². The van der Waals surface area contributed by atoms with Crippen LogP contribution >= 0.6 is 11.8 Å². The molecule has 32 heteroatoms. The Morgan fingerprint density at radius 1 is 0.537 bits per heavy atom. The van der Waals surface area contributed by atoms with Crippen molar-refractivity contribution < 1.29 is 62.3 Å². The number of unbranched alkanes of at least 4 members (excludes halogenated alkanes) is 1. The normalized spacial score (nSPS) is 16.8. The molecule has 0 saturated carbocycles. The summed E-state index contributed by atoms with van der Waals surface area (Å²) in [5.74, 6) is -9.80. The van der Waals surface area contributed by atoms with E-state index in [0.29, 0.717) is 55.4 Å². The molecule has 2 heterocycles. The van der Waals surface area contributed by atoms with E-state index in [9.17, 15) is 62.3 Å². The predicted octanol–water partition coefficient (Wildman–Crippen LogP) is -3.71. The van der Waals surface area contributed by atoms with Crippen molar-refractivity contribution in [2.45, 2.75) is 183 Å². The van der Waals surface area contributed by atoms with Crippen LogP contribution in [-0.2, 0) is 75.2 Å². The van der Waals surface area contributed by atoms with E-state index in [4.69, 9.17) is 40.1 Å². The van der Waals surface area contributed by atoms with Gasteiger partial charge in [-0.2, -0.15) is 11.8 Å². The molecular formula is C63H98N18O13S. The highest BCUT2D eigenvalue weighted by atomic mass is 32.2. The van der Waals surface area contributed by atoms with Crippen LogP contribution in [0.2, 0.25) is 0 Å². The number of nitrogens with two attached hydrogens (primary N) is 7. The molecule has 2 aliphatic heterocycles. The number of amides is 13. The van der Waals surface area contributed by atoms with Gasteiger partial charge in [-0.05, 0) is 119 Å². The van der Waals surface area contributed by atoms with Crippen molar-refractivity contribution >= 4 is 94.5 Å². The van der Waals surface area contributed by atoms with Gasteiger partial charge in [0, 0.05) is 45.3 Å². The maximum atomic E-state index is 14.7. The van der Waals surface area contributed by atoms with Crippen LogP contribution in [0.4, 0.5) is 0 Å². The lowest BCUT2D eigenvalue weighted by molar-refractivity contribution is -0.144. The maximum Gasteiger partial charge on any atom is 0.245 e. The van der Waals surface area contributed by atoms with Gasteiger partial charge in [-0.15, -0.1) is 0 Å². The highest BCUT2D eigenvalue weighted by molar-refractivity contribution is 7.98. The quantitative estimate of drug-likeness (QED) is 0.0173. The highest BCUT2D eigenvalue weighted by Gasteiger charge is 2.42. The summed E-state index contributed by atoms with van der Waals surface area (Å²) in [6, 6.07) is 4.51. The minimum Gasteiger partial charge on any atom is -0.370 e. The minimum atomic E-state index is -1.64. The third-order valence-electron chi connectivity index (χ3n) is 16.0. The number of hydrogen-bond acceptors (Lipinski definition) is 17. The van der Waals surface area contributed by atoms with E-state index in [1.807, 2.05) is 20.1 Å². The first-order valence-corrected chi connectivity index (χ1v) is 33.6. The molecule has 524 valence electrons. The number of nitrogens with zero attached hydrogens (tertiary/aromatic N) is 3. The number of carbonyl (C=O) groups excluding carboxylic acids is 13. The monoisotopic (exact) mass is 1350 g/mol. The summed E-state index contributed by atoms with van der Waals surface area (Å²) in [6.45, 7) is 3.86. The first-order chi connectivity index (χ1) is 45.2. The van der Waals surface area contributed by atoms with Gasteiger partial charge < -0.3 is 92.5 Å². The van der Waals surface area contributed by atoms with Gasteiger partial charge in [-0.25, -0.2) is 0 Å². The van der Waals surface area contributed by atoms with Crippen molar-refractivity contribution in [1.29, 1.82) is 0 Å². The van der Waals surface area contributed by atoms with Crippen molar-refractivity contribution in [3.63, 3.8) is 0 Å². The molecule has 0 radical (unpaired) electrons. The van der Waals surface area contributed by atoms with Gasteiger partial charge in [-0.3, -0.25) is 67.3 Å². The molecule has 2 aliphatic rings. The van der Waals surface area contributed by atoms with Crippen LogP contribution in [0, 0.1) is 5.92 Å². The number of primary amides is 3. The summed E-state index contributed by atoms with van der Waals surface area (Å²) < 4.78 is 0. The Bertz CT molecular complexity index is 2960. The molecule has 0 aliphatic carbocycles. The molecule has 2 saturated heterocycles. The molecule has 0 unspecified atom stereocenters. The molecule has 10 atom stereocenters. The van der Waals surface area contributed by atoms with Crippen molar-refractivity contribution in [3.05, 3.63) is 71.8 Å². The molecule has 22 N–H and O–H groups in total. The number of rotatable bonds is 42. The lowest BCUT2D eigenvalue weighted by atomic mass is 10.0. The smallest absolute Gasteiger partial charge is 0.245 e. The molecule has 0 aromatic heterocycles. The first kappa shape index (κ1) is 78.5. The molecule has 2 aromatic rings. The largest absolute Gasteiger partial charge is 0.370 e. The van der Waals surface area contributed by atoms with Gasteiger partial charge in [0.15, 0.2) is 5.96 Å². The van der Waals surface area contributed by atoms with Crippen LogP contribution in [-0.4, -0.2) is 198 Å². The molecule has 13 amide bonds. The third-order valence-corrected chi connectivity index (χ3v) is 16.7. The Morgan fingerprint density at radius 2 is 1.01 bits per heavy atom. The summed E-state index contributed by atoms with van der Waals surface area (Å²) in [7, 11) is 0. The molecule has 95 heavy (non-hydrogen) atoms. The number of likely N-dealkylation sites (tertiary alicyclic amines) is 2. The van der Waals surface area contributed by atoms with Crippen molar-refractivity contribution in [2.24, 2.45) is 51.0 Å². The molecule has 2 aromatic carbocycles. The van der Waals surface area contributed by atoms with Crippen molar-refractivity contribution in [2.75, 3.05) is 44.7 Å². The van der Waals surface area contributed by atoms with E-state index < -0.39 is 169 Å². The Labute approximate surface area is 558 Å². The lowest BCUT2D eigenvalue weighted by Gasteiger charge is -2.32. The van der Waals surface area contributed by atoms with E-state index in [1.165, 1.54) is 21.6 Å². The fourth-order valence-corrected chi connectivity index (χ4v) is 11.5. The van der Waals surface area contributed by atoms with Crippen LogP contribution < -0.4 is 82.7 Å². The second-order valence-electron chi connectivity index (χ2n) is 24.1. The van der Waals surface area contributed by atoms with E-state index in [2.05, 4.69) is 47.5 Å². The fourth-order valence-electron chi connectivity index (χ4n) is 11.0. The van der Waals surface area contributed by atoms with Crippen LogP contribution in [0.15, 0.2) is 65.7 Å². The van der Waals surface area contributed by atoms with Gasteiger partial charge in [0.1, 0.15) is 54.4 Å². The number of carbonyl (C=O) groups is 13. The van der Waals surface area contributed by atoms with Gasteiger partial charge in [0.25, 0.3) is 0 Å². The zero-order valence-electron chi connectivity index (χ0n) is 54.5. The van der Waals surface area contributed by atoms with E-state index >= 15 is 0 Å². The minimum absolute atomic E-state index is 0.0736. The molecule has 31 nitrogen and oxygen atoms in total. The molecule has 0 spiro atoms. The average Bonchev–Trinajstić information content (AvgIpc) is 1.74. The second kappa shape index (κ2) is 41.0. The first-order valence-electron chi connectivity index (χ1n) is 32.2. The van der Waals surface area contributed by atoms with E-state index in [-0.39, 0.29) is 83.0 Å². The number of hydrogen-bond donors (Lipinski definition) is 15. The van der Waals surface area contributed by atoms with E-state index in [0.717, 1.165) is 0 Å². The number of aliphatic imine (C=N–C) groups is 1. The summed E-state index contributed by atoms with van der Waals surface area (Å²) >= 11 is 1.45. The molecular weight excluding hydrogens is 1250 g/mol. The van der Waals surface area contributed by atoms with Gasteiger partial charge in [0.2, 0.25) is 76.8 Å². The van der Waals surface area contributed by atoms with Gasteiger partial charge in [-0.1, -0.05) is 74.5 Å². The Balaban J connectivity index is 1.56. The summed E-state index contributed by atoms with van der Waals surface area (Å²) in [5, 5.41) is 21.1. The Hall–Kier alpha value is -8.91. The maximum absolute atomic E-state index is 14.7. The number of nitrogens with one attached hydrogen (secondary N) is 8. The third kappa shape index (κ3) is 27.5. The van der Waals surface area contributed by atoms with Crippen LogP contribution in [0.25, 0.3) is 0 Å². The van der Waals surface area contributed by atoms with Crippen molar-refractivity contribution in [3.8, 4) is 0 Å². The Morgan fingerprint density at radius 3 is 1.51 bits per heavy atom. The summed E-state index contributed by atoms with van der Waals surface area (Å²) in [4.78, 5) is 185. The number of thioether (sulfide) groups is 1. The standard InChI is InChI=1S/C63H98N18O13S/c1-37(2)33-45(57(89)74-41(53(68)85)27-32-95-3)73-52(84)36-72-54(86)46(34-38-15-6-4-7-16-38)78-58(90)47(35-39-17-8-5-9-18-39)79-56(88)42(23-25-50(66)82)75-55(87)43(24-26-51(67)83)76-59(91)49-22-14-31-81(49)62(94)44(20-10-11-28-64)77-60(92)48-21-13-30-80(48)61(93)40(65)19-12-29-71-63(69)70/h4-9,15-18,37,40-49H,10-14,19-36,64-65H2,1-3H3,(H2,66,82)(H2,67,83)(H2,68,85)(H,72,86)(H,73,84)(H,74,89)(H,75,87)(H,76,91)(H,77,92)(H,78,90)(H,79,88)(H4,69,70,71)/t40-,41-,42+,43+,44-,45-,46+,47+,48+,49-/m0/s1. The van der Waals surface area contributed by atoms with Crippen LogP contribution in [0.5, 0.6) is 0 Å². The van der Waals surface area contributed by atoms with Gasteiger partial charge >= 0.3 is 0 Å². The number of guanidine groups is 1. The van der Waals surface area contributed by atoms with Crippen LogP contribution in [0.3, 0.4) is 0 Å². The summed E-state index contributed by atoms with van der Waals surface area (Å²) in [5.41, 5.74) is 40.6. The molecule has 2 fully saturated rings. The average molecular weight is 1350 g/mol.